The van der Waals surface area contributed by atoms with Crippen LogP contribution in [0.2, 0.25) is 0 Å². The van der Waals surface area contributed by atoms with Gasteiger partial charge in [0, 0.05) is 37.1 Å². The standard InChI is InChI=1S/C30H37N7O2/c1-5-22-10-7-9-20-17-21(28(32)39)12-13-24(20)30(22,29-34-25(6-2)35-36-29)14-16-33-18-26(38)37(4)27-19(3)23(27)11-8-15-31/h1,10,12-13,17,19,23,27,33H,6-9,11,14,16,18H2,2-4H3,(H2,32,39)(H,34,35,36). The van der Waals surface area contributed by atoms with Gasteiger partial charge in [-0.15, -0.1) is 6.42 Å². The number of hydrogen-bond acceptors (Lipinski definition) is 6. The molecular weight excluding hydrogens is 490 g/mol. The van der Waals surface area contributed by atoms with Gasteiger partial charge in [-0.05, 0) is 67.3 Å². The lowest BCUT2D eigenvalue weighted by Crippen LogP contribution is -2.40. The van der Waals surface area contributed by atoms with Crippen molar-refractivity contribution in [2.75, 3.05) is 20.1 Å². The van der Waals surface area contributed by atoms with Crippen molar-refractivity contribution in [1.82, 2.24) is 25.4 Å². The van der Waals surface area contributed by atoms with Crippen LogP contribution in [0.3, 0.4) is 0 Å². The number of benzene rings is 1. The molecule has 9 heteroatoms. The summed E-state index contributed by atoms with van der Waals surface area (Å²) in [6.07, 6.45) is 12.1. The third-order valence-corrected chi connectivity index (χ3v) is 8.37. The summed E-state index contributed by atoms with van der Waals surface area (Å²) >= 11 is 0. The van der Waals surface area contributed by atoms with E-state index in [0.29, 0.717) is 61.9 Å². The van der Waals surface area contributed by atoms with E-state index in [0.717, 1.165) is 28.9 Å². The van der Waals surface area contributed by atoms with E-state index in [1.54, 1.807) is 6.07 Å². The second-order valence-electron chi connectivity index (χ2n) is 10.5. The van der Waals surface area contributed by atoms with Gasteiger partial charge in [0.15, 0.2) is 5.82 Å². The smallest absolute Gasteiger partial charge is 0.248 e. The molecule has 2 amide bonds. The Kier molecular flexibility index (Phi) is 8.52. The zero-order valence-corrected chi connectivity index (χ0v) is 23.0. The van der Waals surface area contributed by atoms with Crippen molar-refractivity contribution in [1.29, 1.82) is 5.26 Å². The van der Waals surface area contributed by atoms with Gasteiger partial charge in [0.05, 0.1) is 18.0 Å². The molecule has 4 rings (SSSR count). The van der Waals surface area contributed by atoms with E-state index < -0.39 is 11.3 Å². The maximum atomic E-state index is 13.0. The Hall–Kier alpha value is -3.95. The second-order valence-corrected chi connectivity index (χ2v) is 10.5. The highest BCUT2D eigenvalue weighted by Gasteiger charge is 2.50. The van der Waals surface area contributed by atoms with Gasteiger partial charge in [0.2, 0.25) is 11.8 Å². The van der Waals surface area contributed by atoms with Crippen molar-refractivity contribution in [3.63, 3.8) is 0 Å². The van der Waals surface area contributed by atoms with Crippen LogP contribution in [0.25, 0.3) is 0 Å². The van der Waals surface area contributed by atoms with Crippen molar-refractivity contribution in [2.45, 2.75) is 63.8 Å². The topological polar surface area (TPSA) is 141 Å². The largest absolute Gasteiger partial charge is 0.366 e. The van der Waals surface area contributed by atoms with Crippen molar-refractivity contribution in [2.24, 2.45) is 17.6 Å². The lowest BCUT2D eigenvalue weighted by atomic mass is 9.69. The van der Waals surface area contributed by atoms with Gasteiger partial charge < -0.3 is 16.0 Å². The molecule has 2 aliphatic rings. The Morgan fingerprint density at radius 1 is 1.38 bits per heavy atom. The number of H-pyrrole nitrogens is 1. The number of nitrogens with zero attached hydrogens (tertiary/aromatic N) is 4. The fourth-order valence-electron chi connectivity index (χ4n) is 6.10. The minimum Gasteiger partial charge on any atom is -0.366 e. The van der Waals surface area contributed by atoms with E-state index in [1.807, 2.05) is 31.0 Å². The number of carbonyl (C=O) groups is 2. The highest BCUT2D eigenvalue weighted by Crippen LogP contribution is 2.46. The van der Waals surface area contributed by atoms with Gasteiger partial charge in [-0.3, -0.25) is 14.7 Å². The second kappa shape index (κ2) is 11.8. The van der Waals surface area contributed by atoms with E-state index in [4.69, 9.17) is 22.4 Å². The number of nitrogens with two attached hydrogens (primary N) is 1. The summed E-state index contributed by atoms with van der Waals surface area (Å²) in [5.74, 6) is 4.58. The number of likely N-dealkylation sites (N-methyl/N-ethyl adjacent to an activating group) is 1. The van der Waals surface area contributed by atoms with E-state index in [9.17, 15) is 9.59 Å². The number of terminal acetylenes is 1. The lowest BCUT2D eigenvalue weighted by Gasteiger charge is -2.33. The van der Waals surface area contributed by atoms with E-state index >= 15 is 0 Å². The molecule has 4 atom stereocenters. The number of amides is 2. The van der Waals surface area contributed by atoms with Crippen LogP contribution in [0.1, 0.15) is 72.7 Å². The molecule has 9 nitrogen and oxygen atoms in total. The number of aryl methyl sites for hydroxylation is 2. The highest BCUT2D eigenvalue weighted by atomic mass is 16.2. The fraction of sp³-hybridized carbons (Fsp3) is 0.500. The minimum absolute atomic E-state index is 0.0200. The molecule has 1 fully saturated rings. The molecule has 204 valence electrons. The van der Waals surface area contributed by atoms with Gasteiger partial charge in [-0.2, -0.15) is 10.4 Å². The van der Waals surface area contributed by atoms with Crippen LogP contribution in [0, 0.1) is 35.5 Å². The first-order valence-corrected chi connectivity index (χ1v) is 13.6. The lowest BCUT2D eigenvalue weighted by molar-refractivity contribution is -0.129. The van der Waals surface area contributed by atoms with Gasteiger partial charge in [-0.25, -0.2) is 4.98 Å². The zero-order valence-electron chi connectivity index (χ0n) is 23.0. The maximum absolute atomic E-state index is 13.0. The summed E-state index contributed by atoms with van der Waals surface area (Å²) in [7, 11) is 1.84. The number of rotatable bonds is 11. The average molecular weight is 528 g/mol. The fourth-order valence-corrected chi connectivity index (χ4v) is 6.10. The molecule has 1 aromatic carbocycles. The Bertz CT molecular complexity index is 1350. The molecule has 1 heterocycles. The predicted molar refractivity (Wildman–Crippen MR) is 148 cm³/mol. The number of primary amides is 1. The van der Waals surface area contributed by atoms with Gasteiger partial charge >= 0.3 is 0 Å². The molecule has 0 saturated heterocycles. The molecule has 4 unspecified atom stereocenters. The zero-order chi connectivity index (χ0) is 28.2. The summed E-state index contributed by atoms with van der Waals surface area (Å²) in [6.45, 7) is 4.82. The Morgan fingerprint density at radius 3 is 2.85 bits per heavy atom. The summed E-state index contributed by atoms with van der Waals surface area (Å²) in [5, 5.41) is 19.9. The quantitative estimate of drug-likeness (QED) is 0.303. The maximum Gasteiger partial charge on any atom is 0.248 e. The first kappa shape index (κ1) is 28.1. The SMILES string of the molecule is C#CC1=CCCc2cc(C(N)=O)ccc2C1(CCNCC(=O)N(C)C1C(C)C1CCC#N)c1n[nH]c(CC)n1. The van der Waals surface area contributed by atoms with Crippen LogP contribution in [0.4, 0.5) is 0 Å². The van der Waals surface area contributed by atoms with Crippen LogP contribution in [0.15, 0.2) is 29.8 Å². The predicted octanol–water partition coefficient (Wildman–Crippen LogP) is 2.63. The summed E-state index contributed by atoms with van der Waals surface area (Å²) in [4.78, 5) is 31.5. The highest BCUT2D eigenvalue weighted by molar-refractivity contribution is 5.93. The molecule has 2 aliphatic carbocycles. The molecule has 0 aliphatic heterocycles. The number of allylic oxidation sites excluding steroid dienone is 2. The molecular formula is C30H37N7O2. The number of nitrogens with one attached hydrogen (secondary N) is 2. The van der Waals surface area contributed by atoms with Gasteiger partial charge in [0.1, 0.15) is 5.82 Å². The van der Waals surface area contributed by atoms with Crippen LogP contribution in [-0.2, 0) is 23.1 Å². The average Bonchev–Trinajstić information content (AvgIpc) is 3.37. The molecule has 1 aromatic heterocycles. The third-order valence-electron chi connectivity index (χ3n) is 8.37. The Morgan fingerprint density at radius 2 is 2.18 bits per heavy atom. The number of aromatic amines is 1. The molecule has 2 aromatic rings. The van der Waals surface area contributed by atoms with Crippen LogP contribution < -0.4 is 11.1 Å². The van der Waals surface area contributed by atoms with E-state index in [1.165, 1.54) is 0 Å². The molecule has 0 radical (unpaired) electrons. The molecule has 0 bridgehead atoms. The van der Waals surface area contributed by atoms with E-state index in [-0.39, 0.29) is 18.5 Å². The van der Waals surface area contributed by atoms with Crippen molar-refractivity contribution in [3.8, 4) is 18.4 Å². The van der Waals surface area contributed by atoms with Crippen molar-refractivity contribution >= 4 is 11.8 Å². The third kappa shape index (κ3) is 5.46. The van der Waals surface area contributed by atoms with Gasteiger partial charge in [0.25, 0.3) is 0 Å². The van der Waals surface area contributed by atoms with Gasteiger partial charge in [-0.1, -0.05) is 31.9 Å². The Labute approximate surface area is 230 Å². The van der Waals surface area contributed by atoms with Crippen molar-refractivity contribution < 1.29 is 9.59 Å². The monoisotopic (exact) mass is 527 g/mol. The summed E-state index contributed by atoms with van der Waals surface area (Å²) < 4.78 is 0. The molecule has 39 heavy (non-hydrogen) atoms. The number of hydrogen-bond donors (Lipinski definition) is 3. The summed E-state index contributed by atoms with van der Waals surface area (Å²) in [5.41, 5.74) is 7.92. The first-order chi connectivity index (χ1) is 18.8. The number of nitriles is 1. The molecule has 1 saturated carbocycles. The Balaban J connectivity index is 1.58. The number of fused-ring (bicyclic) bond motifs is 1. The van der Waals surface area contributed by atoms with Crippen LogP contribution in [-0.4, -0.2) is 58.1 Å². The van der Waals surface area contributed by atoms with Crippen LogP contribution >= 0.6 is 0 Å². The van der Waals surface area contributed by atoms with Crippen molar-refractivity contribution in [3.05, 3.63) is 58.2 Å². The number of aromatic nitrogens is 3. The number of carbonyl (C=O) groups excluding carboxylic acids is 2. The minimum atomic E-state index is -0.823. The van der Waals surface area contributed by atoms with Crippen LogP contribution in [0.5, 0.6) is 0 Å². The molecule has 0 spiro atoms. The molecule has 4 N–H and O–H groups in total. The first-order valence-electron chi connectivity index (χ1n) is 13.6. The summed E-state index contributed by atoms with van der Waals surface area (Å²) in [6, 6.07) is 7.88. The van der Waals surface area contributed by atoms with E-state index in [2.05, 4.69) is 40.5 Å². The normalized spacial score (nSPS) is 23.5.